The van der Waals surface area contributed by atoms with Crippen LogP contribution in [0.15, 0.2) is 18.2 Å². The average Bonchev–Trinajstić information content (AvgIpc) is 2.28. The molecule has 0 aliphatic carbocycles. The molecule has 0 fully saturated rings. The van der Waals surface area contributed by atoms with E-state index in [-0.39, 0.29) is 0 Å². The summed E-state index contributed by atoms with van der Waals surface area (Å²) in [6.07, 6.45) is 0. The molecule has 15 heavy (non-hydrogen) atoms. The molecule has 0 spiro atoms. The lowest BCUT2D eigenvalue weighted by Crippen LogP contribution is -1.98. The van der Waals surface area contributed by atoms with Gasteiger partial charge in [0.2, 0.25) is 0 Å². The van der Waals surface area contributed by atoms with Gasteiger partial charge in [0.1, 0.15) is 0 Å². The Labute approximate surface area is 87.9 Å². The molecule has 0 saturated heterocycles. The van der Waals surface area contributed by atoms with Crippen LogP contribution in [0.1, 0.15) is 5.56 Å². The summed E-state index contributed by atoms with van der Waals surface area (Å²) in [5, 5.41) is 0. The van der Waals surface area contributed by atoms with Crippen LogP contribution in [0.5, 0.6) is 11.8 Å². The fourth-order valence-corrected chi connectivity index (χ4v) is 1.45. The molecule has 0 aliphatic heterocycles. The summed E-state index contributed by atoms with van der Waals surface area (Å²) in [7, 11) is 3.10. The van der Waals surface area contributed by atoms with Crippen molar-refractivity contribution in [2.45, 2.75) is 6.92 Å². The minimum atomic E-state index is 0.413. The molecule has 0 radical (unpaired) electrons. The molecule has 4 nitrogen and oxygen atoms in total. The van der Waals surface area contributed by atoms with E-state index < -0.39 is 0 Å². The molecular weight excluding hydrogens is 192 g/mol. The van der Waals surface area contributed by atoms with Crippen molar-refractivity contribution in [3.05, 3.63) is 23.8 Å². The Bertz CT molecular complexity index is 497. The number of hydrogen-bond acceptors (Lipinski definition) is 4. The standard InChI is InChI=1S/C11H12N2O2/c1-7-5-4-6-8-9(7)13-11(15-3)10(12-8)14-2/h4-6H,1-3H3. The first kappa shape index (κ1) is 9.71. The summed E-state index contributed by atoms with van der Waals surface area (Å²) in [5.74, 6) is 0.829. The van der Waals surface area contributed by atoms with E-state index >= 15 is 0 Å². The molecule has 0 amide bonds. The Morgan fingerprint density at radius 1 is 1.00 bits per heavy atom. The van der Waals surface area contributed by atoms with E-state index in [2.05, 4.69) is 9.97 Å². The van der Waals surface area contributed by atoms with Crippen molar-refractivity contribution in [1.82, 2.24) is 9.97 Å². The van der Waals surface area contributed by atoms with Crippen LogP contribution in [-0.4, -0.2) is 24.2 Å². The highest BCUT2D eigenvalue weighted by atomic mass is 16.5. The maximum atomic E-state index is 5.10. The normalized spacial score (nSPS) is 10.3. The van der Waals surface area contributed by atoms with Gasteiger partial charge < -0.3 is 9.47 Å². The Morgan fingerprint density at radius 2 is 1.67 bits per heavy atom. The zero-order valence-electron chi connectivity index (χ0n) is 8.94. The van der Waals surface area contributed by atoms with Gasteiger partial charge in [-0.3, -0.25) is 0 Å². The lowest BCUT2D eigenvalue weighted by atomic mass is 10.2. The number of aryl methyl sites for hydroxylation is 1. The summed E-state index contributed by atoms with van der Waals surface area (Å²) in [6, 6.07) is 5.83. The SMILES string of the molecule is COc1nc2cccc(C)c2nc1OC. The fourth-order valence-electron chi connectivity index (χ4n) is 1.45. The number of ether oxygens (including phenoxy) is 2. The van der Waals surface area contributed by atoms with Crippen LogP contribution in [-0.2, 0) is 0 Å². The molecule has 0 N–H and O–H groups in total. The first-order valence-corrected chi connectivity index (χ1v) is 4.61. The molecule has 1 aromatic carbocycles. The molecule has 0 atom stereocenters. The van der Waals surface area contributed by atoms with E-state index in [9.17, 15) is 0 Å². The van der Waals surface area contributed by atoms with E-state index in [1.807, 2.05) is 25.1 Å². The van der Waals surface area contributed by atoms with Gasteiger partial charge in [0.25, 0.3) is 11.8 Å². The number of benzene rings is 1. The second-order valence-electron chi connectivity index (χ2n) is 3.18. The van der Waals surface area contributed by atoms with E-state index in [4.69, 9.17) is 9.47 Å². The predicted octanol–water partition coefficient (Wildman–Crippen LogP) is 1.96. The number of para-hydroxylation sites is 1. The molecule has 1 aromatic heterocycles. The summed E-state index contributed by atoms with van der Waals surface area (Å²) in [5.41, 5.74) is 2.73. The van der Waals surface area contributed by atoms with Crippen molar-refractivity contribution in [1.29, 1.82) is 0 Å². The second kappa shape index (κ2) is 3.73. The maximum absolute atomic E-state index is 5.10. The van der Waals surface area contributed by atoms with Crippen molar-refractivity contribution in [2.24, 2.45) is 0 Å². The number of methoxy groups -OCH3 is 2. The molecule has 1 heterocycles. The molecule has 4 heteroatoms. The van der Waals surface area contributed by atoms with Crippen LogP contribution in [0, 0.1) is 6.92 Å². The van der Waals surface area contributed by atoms with Gasteiger partial charge in [-0.2, -0.15) is 0 Å². The minimum Gasteiger partial charge on any atom is -0.477 e. The molecule has 2 rings (SSSR count). The quantitative estimate of drug-likeness (QED) is 0.750. The van der Waals surface area contributed by atoms with Crippen LogP contribution in [0.2, 0.25) is 0 Å². The molecule has 78 valence electrons. The van der Waals surface area contributed by atoms with Crippen molar-refractivity contribution >= 4 is 11.0 Å². The van der Waals surface area contributed by atoms with Gasteiger partial charge in [-0.1, -0.05) is 12.1 Å². The average molecular weight is 204 g/mol. The molecule has 0 saturated carbocycles. The highest BCUT2D eigenvalue weighted by Crippen LogP contribution is 2.25. The number of fused-ring (bicyclic) bond motifs is 1. The summed E-state index contributed by atoms with van der Waals surface area (Å²) < 4.78 is 10.2. The molecule has 0 aliphatic rings. The minimum absolute atomic E-state index is 0.413. The van der Waals surface area contributed by atoms with Crippen molar-refractivity contribution in [3.63, 3.8) is 0 Å². The molecule has 0 bridgehead atoms. The van der Waals surface area contributed by atoms with Gasteiger partial charge >= 0.3 is 0 Å². The number of aromatic nitrogens is 2. The Kier molecular flexibility index (Phi) is 2.41. The predicted molar refractivity (Wildman–Crippen MR) is 57.4 cm³/mol. The van der Waals surface area contributed by atoms with E-state index in [0.717, 1.165) is 16.6 Å². The Hall–Kier alpha value is -1.84. The first-order valence-electron chi connectivity index (χ1n) is 4.61. The van der Waals surface area contributed by atoms with Gasteiger partial charge in [0.05, 0.1) is 25.3 Å². The number of rotatable bonds is 2. The highest BCUT2D eigenvalue weighted by Gasteiger charge is 2.10. The third kappa shape index (κ3) is 1.58. The van der Waals surface area contributed by atoms with Crippen LogP contribution < -0.4 is 9.47 Å². The Morgan fingerprint density at radius 3 is 2.33 bits per heavy atom. The molecule has 0 unspecified atom stereocenters. The highest BCUT2D eigenvalue weighted by molar-refractivity contribution is 5.78. The van der Waals surface area contributed by atoms with E-state index in [1.165, 1.54) is 0 Å². The van der Waals surface area contributed by atoms with Gasteiger partial charge in [-0.15, -0.1) is 0 Å². The van der Waals surface area contributed by atoms with Crippen LogP contribution in [0.3, 0.4) is 0 Å². The second-order valence-corrected chi connectivity index (χ2v) is 3.18. The third-order valence-electron chi connectivity index (χ3n) is 2.22. The van der Waals surface area contributed by atoms with Gasteiger partial charge in [-0.05, 0) is 18.6 Å². The maximum Gasteiger partial charge on any atom is 0.278 e. The van der Waals surface area contributed by atoms with Crippen LogP contribution in [0.25, 0.3) is 11.0 Å². The molecule has 2 aromatic rings. The monoisotopic (exact) mass is 204 g/mol. The third-order valence-corrected chi connectivity index (χ3v) is 2.22. The van der Waals surface area contributed by atoms with Crippen LogP contribution in [0.4, 0.5) is 0 Å². The zero-order chi connectivity index (χ0) is 10.8. The van der Waals surface area contributed by atoms with Crippen LogP contribution >= 0.6 is 0 Å². The summed E-state index contributed by atoms with van der Waals surface area (Å²) >= 11 is 0. The van der Waals surface area contributed by atoms with Crippen molar-refractivity contribution in [3.8, 4) is 11.8 Å². The smallest absolute Gasteiger partial charge is 0.278 e. The topological polar surface area (TPSA) is 44.2 Å². The molecular formula is C11H12N2O2. The van der Waals surface area contributed by atoms with E-state index in [1.54, 1.807) is 14.2 Å². The van der Waals surface area contributed by atoms with Gasteiger partial charge in [0, 0.05) is 0 Å². The largest absolute Gasteiger partial charge is 0.477 e. The van der Waals surface area contributed by atoms with Gasteiger partial charge in [-0.25, -0.2) is 9.97 Å². The summed E-state index contributed by atoms with van der Waals surface area (Å²) in [4.78, 5) is 8.67. The first-order chi connectivity index (χ1) is 7.26. The lowest BCUT2D eigenvalue weighted by Gasteiger charge is -2.07. The zero-order valence-corrected chi connectivity index (χ0v) is 8.94. The van der Waals surface area contributed by atoms with Gasteiger partial charge in [0.15, 0.2) is 0 Å². The van der Waals surface area contributed by atoms with Crippen molar-refractivity contribution in [2.75, 3.05) is 14.2 Å². The van der Waals surface area contributed by atoms with Crippen molar-refractivity contribution < 1.29 is 9.47 Å². The number of hydrogen-bond donors (Lipinski definition) is 0. The fraction of sp³-hybridized carbons (Fsp3) is 0.273. The Balaban J connectivity index is 2.75. The van der Waals surface area contributed by atoms with E-state index in [0.29, 0.717) is 11.8 Å². The summed E-state index contributed by atoms with van der Waals surface area (Å²) in [6.45, 7) is 1.99. The number of nitrogens with zero attached hydrogens (tertiary/aromatic N) is 2. The lowest BCUT2D eigenvalue weighted by molar-refractivity contribution is 0.334.